The minimum atomic E-state index is -0.195. The summed E-state index contributed by atoms with van der Waals surface area (Å²) in [5.74, 6) is 0. The number of hydrogen-bond donors (Lipinski definition) is 0. The van der Waals surface area contributed by atoms with Gasteiger partial charge in [-0.05, 0) is 13.3 Å². The molecule has 54 valence electrons. The molecular weight excluding hydrogens is 135 g/mol. The average molecular weight is 148 g/mol. The molecule has 9 heavy (non-hydrogen) atoms. The van der Waals surface area contributed by atoms with Gasteiger partial charge in [0.1, 0.15) is 0 Å². The first-order chi connectivity index (χ1) is 4.31. The van der Waals surface area contributed by atoms with Crippen molar-refractivity contribution in [2.75, 3.05) is 0 Å². The van der Waals surface area contributed by atoms with E-state index in [1.807, 2.05) is 6.92 Å². The van der Waals surface area contributed by atoms with Crippen molar-refractivity contribution < 1.29 is 9.09 Å². The molecule has 3 heteroatoms. The monoisotopic (exact) mass is 148 g/mol. The van der Waals surface area contributed by atoms with E-state index in [0.717, 1.165) is 12.8 Å². The summed E-state index contributed by atoms with van der Waals surface area (Å²) >= 11 is 0. The summed E-state index contributed by atoms with van der Waals surface area (Å²) in [5.41, 5.74) is 0. The van der Waals surface area contributed by atoms with Crippen LogP contribution in [0.2, 0.25) is 0 Å². The summed E-state index contributed by atoms with van der Waals surface area (Å²) in [7, 11) is -0.195. The van der Waals surface area contributed by atoms with Crippen LogP contribution in [0.4, 0.5) is 0 Å². The van der Waals surface area contributed by atoms with Crippen LogP contribution < -0.4 is 0 Å². The Bertz CT molecular complexity index is 75.5. The predicted molar refractivity (Wildman–Crippen MR) is 37.7 cm³/mol. The van der Waals surface area contributed by atoms with Crippen molar-refractivity contribution in [3.8, 4) is 0 Å². The van der Waals surface area contributed by atoms with E-state index in [9.17, 15) is 4.57 Å². The molecule has 0 heterocycles. The van der Waals surface area contributed by atoms with Crippen molar-refractivity contribution >= 4 is 8.69 Å². The van der Waals surface area contributed by atoms with Gasteiger partial charge in [0.25, 0.3) is 0 Å². The van der Waals surface area contributed by atoms with E-state index in [4.69, 9.17) is 4.52 Å². The zero-order chi connectivity index (χ0) is 7.11. The fourth-order valence-electron chi connectivity index (χ4n) is 0.618. The second-order valence-corrected chi connectivity index (χ2v) is 2.49. The molecule has 0 saturated heterocycles. The molecule has 2 nitrogen and oxygen atoms in total. The Balaban J connectivity index is 3.04. The SMILES string of the molecule is CCCCC(C)OP=O. The molecule has 0 aliphatic rings. The Morgan fingerprint density at radius 2 is 2.33 bits per heavy atom. The summed E-state index contributed by atoms with van der Waals surface area (Å²) in [6, 6.07) is 0. The Kier molecular flexibility index (Phi) is 6.23. The lowest BCUT2D eigenvalue weighted by Gasteiger charge is -2.03. The molecule has 0 spiro atoms. The average Bonchev–Trinajstić information content (AvgIpc) is 1.85. The minimum Gasteiger partial charge on any atom is -0.291 e. The highest BCUT2D eigenvalue weighted by molar-refractivity contribution is 7.17. The fourth-order valence-corrected chi connectivity index (χ4v) is 0.870. The summed E-state index contributed by atoms with van der Waals surface area (Å²) in [6.45, 7) is 4.06. The van der Waals surface area contributed by atoms with Gasteiger partial charge in [0.2, 0.25) is 0 Å². The first kappa shape index (κ1) is 9.06. The zero-order valence-electron chi connectivity index (χ0n) is 5.96. The lowest BCUT2D eigenvalue weighted by Crippen LogP contribution is -1.99. The van der Waals surface area contributed by atoms with Crippen LogP contribution in [-0.4, -0.2) is 6.10 Å². The molecule has 0 radical (unpaired) electrons. The number of rotatable bonds is 5. The molecule has 0 aromatic rings. The molecule has 0 aromatic heterocycles. The van der Waals surface area contributed by atoms with E-state index in [-0.39, 0.29) is 14.8 Å². The van der Waals surface area contributed by atoms with Crippen molar-refractivity contribution in [1.29, 1.82) is 0 Å². The molecule has 0 saturated carbocycles. The third-order valence-corrected chi connectivity index (χ3v) is 1.63. The highest BCUT2D eigenvalue weighted by atomic mass is 31.1. The second-order valence-electron chi connectivity index (χ2n) is 2.13. The maximum Gasteiger partial charge on any atom is 0.327 e. The van der Waals surface area contributed by atoms with E-state index in [0.29, 0.717) is 0 Å². The smallest absolute Gasteiger partial charge is 0.291 e. The van der Waals surface area contributed by atoms with Gasteiger partial charge in [0, 0.05) is 0 Å². The normalized spacial score (nSPS) is 14.0. The predicted octanol–water partition coefficient (Wildman–Crippen LogP) is 2.79. The van der Waals surface area contributed by atoms with E-state index in [2.05, 4.69) is 6.92 Å². The van der Waals surface area contributed by atoms with Gasteiger partial charge >= 0.3 is 8.69 Å². The standard InChI is InChI=1S/C6H13O2P/c1-3-4-5-6(2)8-9-7/h6H,3-5H2,1-2H3. The van der Waals surface area contributed by atoms with Crippen molar-refractivity contribution in [2.24, 2.45) is 0 Å². The fraction of sp³-hybridized carbons (Fsp3) is 1.00. The quantitative estimate of drug-likeness (QED) is 0.560. The van der Waals surface area contributed by atoms with E-state index < -0.39 is 0 Å². The Morgan fingerprint density at radius 3 is 2.78 bits per heavy atom. The lowest BCUT2D eigenvalue weighted by atomic mass is 10.2. The van der Waals surface area contributed by atoms with Gasteiger partial charge in [-0.25, -0.2) is 4.57 Å². The molecule has 0 amide bonds. The topological polar surface area (TPSA) is 26.3 Å². The van der Waals surface area contributed by atoms with Crippen molar-refractivity contribution in [2.45, 2.75) is 39.2 Å². The van der Waals surface area contributed by atoms with E-state index >= 15 is 0 Å². The zero-order valence-corrected chi connectivity index (χ0v) is 6.86. The largest absolute Gasteiger partial charge is 0.327 e. The molecule has 0 aliphatic heterocycles. The summed E-state index contributed by atoms with van der Waals surface area (Å²) in [6.07, 6.45) is 3.47. The van der Waals surface area contributed by atoms with E-state index in [1.54, 1.807) is 0 Å². The van der Waals surface area contributed by atoms with Gasteiger partial charge in [0.15, 0.2) is 0 Å². The summed E-state index contributed by atoms with van der Waals surface area (Å²) in [4.78, 5) is 0. The van der Waals surface area contributed by atoms with Gasteiger partial charge in [-0.2, -0.15) is 0 Å². The van der Waals surface area contributed by atoms with Crippen LogP contribution in [0.1, 0.15) is 33.1 Å². The molecule has 0 fully saturated rings. The molecule has 0 N–H and O–H groups in total. The Labute approximate surface area is 57.9 Å². The summed E-state index contributed by atoms with van der Waals surface area (Å²) < 4.78 is 14.6. The molecule has 0 aliphatic carbocycles. The van der Waals surface area contributed by atoms with Gasteiger partial charge in [-0.1, -0.05) is 19.8 Å². The molecule has 1 atom stereocenters. The highest BCUT2D eigenvalue weighted by Gasteiger charge is 1.98. The van der Waals surface area contributed by atoms with Crippen molar-refractivity contribution in [3.05, 3.63) is 0 Å². The summed E-state index contributed by atoms with van der Waals surface area (Å²) in [5, 5.41) is 0. The highest BCUT2D eigenvalue weighted by Crippen LogP contribution is 2.08. The van der Waals surface area contributed by atoms with Crippen LogP contribution in [0.15, 0.2) is 0 Å². The third-order valence-electron chi connectivity index (χ3n) is 1.19. The van der Waals surface area contributed by atoms with Crippen LogP contribution in [-0.2, 0) is 9.09 Å². The van der Waals surface area contributed by atoms with Gasteiger partial charge in [-0.3, -0.25) is 4.52 Å². The maximum atomic E-state index is 9.85. The van der Waals surface area contributed by atoms with Crippen LogP contribution >= 0.6 is 8.69 Å². The minimum absolute atomic E-state index is 0.143. The van der Waals surface area contributed by atoms with Crippen molar-refractivity contribution in [1.82, 2.24) is 0 Å². The van der Waals surface area contributed by atoms with Crippen molar-refractivity contribution in [3.63, 3.8) is 0 Å². The molecule has 0 rings (SSSR count). The second kappa shape index (κ2) is 6.18. The first-order valence-corrected chi connectivity index (χ1v) is 4.02. The Hall–Kier alpha value is 0.0600. The number of unbranched alkanes of at least 4 members (excludes halogenated alkanes) is 1. The number of hydrogen-bond acceptors (Lipinski definition) is 2. The van der Waals surface area contributed by atoms with Crippen LogP contribution in [0.25, 0.3) is 0 Å². The van der Waals surface area contributed by atoms with Gasteiger partial charge < -0.3 is 0 Å². The first-order valence-electron chi connectivity index (χ1n) is 3.29. The van der Waals surface area contributed by atoms with Crippen LogP contribution in [0.3, 0.4) is 0 Å². The Morgan fingerprint density at radius 1 is 1.67 bits per heavy atom. The van der Waals surface area contributed by atoms with E-state index in [1.165, 1.54) is 6.42 Å². The van der Waals surface area contributed by atoms with Crippen LogP contribution in [0, 0.1) is 0 Å². The maximum absolute atomic E-state index is 9.85. The lowest BCUT2D eigenvalue weighted by molar-refractivity contribution is 0.229. The molecule has 0 aromatic carbocycles. The van der Waals surface area contributed by atoms with Gasteiger partial charge in [-0.15, -0.1) is 0 Å². The van der Waals surface area contributed by atoms with Gasteiger partial charge in [0.05, 0.1) is 6.10 Å². The molecule has 1 unspecified atom stereocenters. The van der Waals surface area contributed by atoms with Crippen LogP contribution in [0.5, 0.6) is 0 Å². The molecular formula is C6H13O2P. The third kappa shape index (κ3) is 5.94. The molecule has 0 bridgehead atoms.